The molecule has 0 radical (unpaired) electrons. The second-order valence-electron chi connectivity index (χ2n) is 4.78. The minimum absolute atomic E-state index is 0.143. The molecule has 0 bridgehead atoms. The van der Waals surface area contributed by atoms with E-state index in [9.17, 15) is 5.11 Å². The van der Waals surface area contributed by atoms with E-state index in [4.69, 9.17) is 0 Å². The van der Waals surface area contributed by atoms with Crippen molar-refractivity contribution in [1.29, 1.82) is 0 Å². The van der Waals surface area contributed by atoms with Crippen LogP contribution in [-0.2, 0) is 13.0 Å². The number of hydrogen-bond donors (Lipinski definition) is 1. The molecule has 3 aromatic rings. The van der Waals surface area contributed by atoms with Crippen LogP contribution >= 0.6 is 0 Å². The number of aliphatic hydroxyl groups is 1. The standard InChI is InChI=1S/C17H17N3O/c1-2-13-8-6-7-11-15(13)17-19-18-16(12-21)20(17)14-9-4-3-5-10-14/h3-11,21H,2,12H2,1H3. The van der Waals surface area contributed by atoms with Crippen LogP contribution in [0.15, 0.2) is 54.6 Å². The van der Waals surface area contributed by atoms with Gasteiger partial charge in [0.1, 0.15) is 6.61 Å². The molecule has 0 aliphatic carbocycles. The van der Waals surface area contributed by atoms with Crippen molar-refractivity contribution in [3.8, 4) is 17.1 Å². The number of para-hydroxylation sites is 1. The van der Waals surface area contributed by atoms with Crippen molar-refractivity contribution in [2.24, 2.45) is 0 Å². The van der Waals surface area contributed by atoms with E-state index in [1.165, 1.54) is 5.56 Å². The lowest BCUT2D eigenvalue weighted by molar-refractivity contribution is 0.269. The summed E-state index contributed by atoms with van der Waals surface area (Å²) in [4.78, 5) is 0. The van der Waals surface area contributed by atoms with Crippen LogP contribution in [0.1, 0.15) is 18.3 Å². The molecular formula is C17H17N3O. The molecule has 106 valence electrons. The Hall–Kier alpha value is -2.46. The summed E-state index contributed by atoms with van der Waals surface area (Å²) in [6.07, 6.45) is 0.923. The van der Waals surface area contributed by atoms with Gasteiger partial charge in [-0.15, -0.1) is 10.2 Å². The van der Waals surface area contributed by atoms with Crippen molar-refractivity contribution in [3.63, 3.8) is 0 Å². The van der Waals surface area contributed by atoms with Gasteiger partial charge in [0.15, 0.2) is 11.6 Å². The highest BCUT2D eigenvalue weighted by Gasteiger charge is 2.16. The predicted octanol–water partition coefficient (Wildman–Crippen LogP) is 2.99. The second-order valence-corrected chi connectivity index (χ2v) is 4.78. The Labute approximate surface area is 123 Å². The first-order valence-corrected chi connectivity index (χ1v) is 7.04. The summed E-state index contributed by atoms with van der Waals surface area (Å²) in [5.74, 6) is 1.31. The molecule has 1 aromatic heterocycles. The summed E-state index contributed by atoms with van der Waals surface area (Å²) in [5, 5.41) is 18.0. The second kappa shape index (κ2) is 5.89. The number of hydrogen-bond acceptors (Lipinski definition) is 3. The molecular weight excluding hydrogens is 262 g/mol. The van der Waals surface area contributed by atoms with E-state index < -0.39 is 0 Å². The maximum Gasteiger partial charge on any atom is 0.168 e. The molecule has 1 N–H and O–H groups in total. The molecule has 0 saturated carbocycles. The van der Waals surface area contributed by atoms with Crippen LogP contribution in [0.4, 0.5) is 0 Å². The fraction of sp³-hybridized carbons (Fsp3) is 0.176. The maximum atomic E-state index is 9.54. The van der Waals surface area contributed by atoms with Gasteiger partial charge in [0, 0.05) is 11.3 Å². The summed E-state index contributed by atoms with van der Waals surface area (Å²) in [6, 6.07) is 18.0. The molecule has 0 saturated heterocycles. The maximum absolute atomic E-state index is 9.54. The Morgan fingerprint density at radius 3 is 2.38 bits per heavy atom. The molecule has 0 aliphatic rings. The van der Waals surface area contributed by atoms with Crippen molar-refractivity contribution in [2.75, 3.05) is 0 Å². The first-order valence-electron chi connectivity index (χ1n) is 7.04. The van der Waals surface area contributed by atoms with Gasteiger partial charge in [0.2, 0.25) is 0 Å². The summed E-state index contributed by atoms with van der Waals surface area (Å²) in [5.41, 5.74) is 3.22. The lowest BCUT2D eigenvalue weighted by Crippen LogP contribution is -2.04. The first kappa shape index (κ1) is 13.5. The smallest absolute Gasteiger partial charge is 0.168 e. The molecule has 3 rings (SSSR count). The Bertz CT molecular complexity index is 735. The first-order chi connectivity index (χ1) is 10.3. The molecule has 0 atom stereocenters. The average Bonchev–Trinajstić information content (AvgIpc) is 2.99. The fourth-order valence-electron chi connectivity index (χ4n) is 2.49. The van der Waals surface area contributed by atoms with E-state index in [2.05, 4.69) is 23.2 Å². The lowest BCUT2D eigenvalue weighted by atomic mass is 10.0. The number of nitrogens with zero attached hydrogens (tertiary/aromatic N) is 3. The van der Waals surface area contributed by atoms with Crippen molar-refractivity contribution < 1.29 is 5.11 Å². The summed E-state index contributed by atoms with van der Waals surface area (Å²) in [7, 11) is 0. The van der Waals surface area contributed by atoms with Crippen LogP contribution in [0, 0.1) is 0 Å². The van der Waals surface area contributed by atoms with E-state index in [-0.39, 0.29) is 6.61 Å². The number of aryl methyl sites for hydroxylation is 1. The van der Waals surface area contributed by atoms with Crippen LogP contribution in [0.3, 0.4) is 0 Å². The van der Waals surface area contributed by atoms with Gasteiger partial charge in [-0.05, 0) is 24.1 Å². The Morgan fingerprint density at radius 1 is 0.952 bits per heavy atom. The number of rotatable bonds is 4. The SMILES string of the molecule is CCc1ccccc1-c1nnc(CO)n1-c1ccccc1. The van der Waals surface area contributed by atoms with Crippen molar-refractivity contribution in [1.82, 2.24) is 14.8 Å². The number of aliphatic hydroxyl groups excluding tert-OH is 1. The molecule has 4 heteroatoms. The predicted molar refractivity (Wildman–Crippen MR) is 82.1 cm³/mol. The van der Waals surface area contributed by atoms with E-state index in [0.29, 0.717) is 5.82 Å². The molecule has 0 unspecified atom stereocenters. The largest absolute Gasteiger partial charge is 0.388 e. The van der Waals surface area contributed by atoms with Crippen LogP contribution in [0.2, 0.25) is 0 Å². The highest BCUT2D eigenvalue weighted by Crippen LogP contribution is 2.26. The van der Waals surface area contributed by atoms with E-state index >= 15 is 0 Å². The molecule has 21 heavy (non-hydrogen) atoms. The van der Waals surface area contributed by atoms with Crippen LogP contribution in [0.25, 0.3) is 17.1 Å². The van der Waals surface area contributed by atoms with Gasteiger partial charge >= 0.3 is 0 Å². The van der Waals surface area contributed by atoms with Gasteiger partial charge in [-0.1, -0.05) is 49.4 Å². The van der Waals surface area contributed by atoms with Crippen molar-refractivity contribution >= 4 is 0 Å². The van der Waals surface area contributed by atoms with Gasteiger partial charge in [-0.2, -0.15) is 0 Å². The highest BCUT2D eigenvalue weighted by molar-refractivity contribution is 5.63. The minimum atomic E-state index is -0.143. The molecule has 2 aromatic carbocycles. The molecule has 1 heterocycles. The zero-order valence-corrected chi connectivity index (χ0v) is 11.9. The monoisotopic (exact) mass is 279 g/mol. The van der Waals surface area contributed by atoms with Crippen molar-refractivity contribution in [3.05, 3.63) is 66.0 Å². The third-order valence-electron chi connectivity index (χ3n) is 3.53. The Morgan fingerprint density at radius 2 is 1.67 bits per heavy atom. The van der Waals surface area contributed by atoms with Crippen molar-refractivity contribution in [2.45, 2.75) is 20.0 Å². The Balaban J connectivity index is 2.23. The number of aromatic nitrogens is 3. The highest BCUT2D eigenvalue weighted by atomic mass is 16.3. The van der Waals surface area contributed by atoms with Gasteiger partial charge in [0.05, 0.1) is 0 Å². The number of benzene rings is 2. The quantitative estimate of drug-likeness (QED) is 0.798. The zero-order chi connectivity index (χ0) is 14.7. The van der Waals surface area contributed by atoms with Crippen LogP contribution < -0.4 is 0 Å². The fourth-order valence-corrected chi connectivity index (χ4v) is 2.49. The van der Waals surface area contributed by atoms with Gasteiger partial charge in [-0.25, -0.2) is 0 Å². The average molecular weight is 279 g/mol. The third kappa shape index (κ3) is 2.45. The van der Waals surface area contributed by atoms with Crippen LogP contribution in [0.5, 0.6) is 0 Å². The van der Waals surface area contributed by atoms with E-state index in [0.717, 1.165) is 23.5 Å². The van der Waals surface area contributed by atoms with Gasteiger partial charge < -0.3 is 5.11 Å². The zero-order valence-electron chi connectivity index (χ0n) is 11.9. The summed E-state index contributed by atoms with van der Waals surface area (Å²) >= 11 is 0. The third-order valence-corrected chi connectivity index (χ3v) is 3.53. The Kier molecular flexibility index (Phi) is 3.79. The van der Waals surface area contributed by atoms with Gasteiger partial charge in [-0.3, -0.25) is 4.57 Å². The topological polar surface area (TPSA) is 50.9 Å². The molecule has 0 fully saturated rings. The summed E-state index contributed by atoms with van der Waals surface area (Å²) < 4.78 is 1.91. The molecule has 0 spiro atoms. The molecule has 0 aliphatic heterocycles. The van der Waals surface area contributed by atoms with Crippen LogP contribution in [-0.4, -0.2) is 19.9 Å². The van der Waals surface area contributed by atoms with Gasteiger partial charge in [0.25, 0.3) is 0 Å². The molecule has 0 amide bonds. The van der Waals surface area contributed by atoms with E-state index in [1.807, 2.05) is 53.1 Å². The van der Waals surface area contributed by atoms with E-state index in [1.54, 1.807) is 0 Å². The molecule has 4 nitrogen and oxygen atoms in total. The summed E-state index contributed by atoms with van der Waals surface area (Å²) in [6.45, 7) is 1.98. The lowest BCUT2D eigenvalue weighted by Gasteiger charge is -2.11. The minimum Gasteiger partial charge on any atom is -0.388 e. The normalized spacial score (nSPS) is 10.8.